The molecule has 1 rings (SSSR count). The van der Waals surface area contributed by atoms with Crippen LogP contribution in [0.5, 0.6) is 0 Å². The van der Waals surface area contributed by atoms with Crippen molar-refractivity contribution in [3.8, 4) is 0 Å². The molecule has 84 valence electrons. The van der Waals surface area contributed by atoms with Gasteiger partial charge in [0.15, 0.2) is 7.29 Å². The predicted molar refractivity (Wildman–Crippen MR) is 63.3 cm³/mol. The summed E-state index contributed by atoms with van der Waals surface area (Å²) in [7, 11) is -2.16. The summed E-state index contributed by atoms with van der Waals surface area (Å²) in [6, 6.07) is 0.519. The fourth-order valence-corrected chi connectivity index (χ4v) is 4.85. The molecule has 0 atom stereocenters. The molecule has 2 nitrogen and oxygen atoms in total. The van der Waals surface area contributed by atoms with E-state index in [2.05, 4.69) is 32.8 Å². The molecule has 0 saturated heterocycles. The smallest absolute Gasteiger partial charge is 0.152 e. The summed E-state index contributed by atoms with van der Waals surface area (Å²) in [5.41, 5.74) is 0.534. The second kappa shape index (κ2) is 4.81. The summed E-state index contributed by atoms with van der Waals surface area (Å²) < 4.78 is 12.7. The van der Waals surface area contributed by atoms with Crippen LogP contribution in [0.4, 0.5) is 0 Å². The Balaban J connectivity index is 2.64. The van der Waals surface area contributed by atoms with E-state index in [1.165, 1.54) is 25.7 Å². The fraction of sp³-hybridized carbons (Fsp3) is 1.00. The second-order valence-corrected chi connectivity index (χ2v) is 8.75. The molecule has 1 aliphatic carbocycles. The molecule has 0 heterocycles. The zero-order valence-corrected chi connectivity index (χ0v) is 10.8. The number of nitrogens with one attached hydrogen (secondary N) is 1. The fourth-order valence-electron chi connectivity index (χ4n) is 2.23. The molecule has 0 aliphatic heterocycles. The van der Waals surface area contributed by atoms with Crippen molar-refractivity contribution in [2.24, 2.45) is 0 Å². The van der Waals surface area contributed by atoms with Crippen molar-refractivity contribution in [2.75, 3.05) is 0 Å². The van der Waals surface area contributed by atoms with E-state index in [1.807, 2.05) is 0 Å². The van der Waals surface area contributed by atoms with Gasteiger partial charge in [0.1, 0.15) is 0 Å². The van der Waals surface area contributed by atoms with Crippen LogP contribution in [0, 0.1) is 0 Å². The lowest BCUT2D eigenvalue weighted by molar-refractivity contribution is 0.528. The van der Waals surface area contributed by atoms with Crippen molar-refractivity contribution in [3.05, 3.63) is 0 Å². The third kappa shape index (κ3) is 2.61. The minimum absolute atomic E-state index is 0.267. The molecule has 0 aromatic heterocycles. The van der Waals surface area contributed by atoms with E-state index in [4.69, 9.17) is 0 Å². The van der Waals surface area contributed by atoms with Crippen LogP contribution in [-0.2, 0) is 4.57 Å². The van der Waals surface area contributed by atoms with E-state index in [9.17, 15) is 4.57 Å². The molecular weight excluding hydrogens is 193 g/mol. The van der Waals surface area contributed by atoms with Crippen molar-refractivity contribution in [3.63, 3.8) is 0 Å². The maximum absolute atomic E-state index is 12.7. The van der Waals surface area contributed by atoms with E-state index in [-0.39, 0.29) is 11.3 Å². The Labute approximate surface area is 88.3 Å². The lowest BCUT2D eigenvalue weighted by atomic mass is 10.3. The van der Waals surface area contributed by atoms with E-state index < -0.39 is 7.29 Å². The molecule has 0 radical (unpaired) electrons. The van der Waals surface area contributed by atoms with E-state index >= 15 is 0 Å². The van der Waals surface area contributed by atoms with Gasteiger partial charge >= 0.3 is 0 Å². The topological polar surface area (TPSA) is 29.1 Å². The Morgan fingerprint density at radius 3 is 1.86 bits per heavy atom. The largest absolute Gasteiger partial charge is 0.306 e. The molecule has 1 fully saturated rings. The van der Waals surface area contributed by atoms with Gasteiger partial charge in [0.05, 0.1) is 0 Å². The van der Waals surface area contributed by atoms with Gasteiger partial charge in [-0.05, 0) is 12.8 Å². The van der Waals surface area contributed by atoms with E-state index in [1.54, 1.807) is 0 Å². The lowest BCUT2D eigenvalue weighted by Crippen LogP contribution is -2.30. The Kier molecular flexibility index (Phi) is 4.21. The van der Waals surface area contributed by atoms with Crippen molar-refractivity contribution < 1.29 is 4.57 Å². The van der Waals surface area contributed by atoms with Gasteiger partial charge in [-0.2, -0.15) is 0 Å². The lowest BCUT2D eigenvalue weighted by Gasteiger charge is -2.30. The molecule has 0 aromatic carbocycles. The highest BCUT2D eigenvalue weighted by Crippen LogP contribution is 2.52. The van der Waals surface area contributed by atoms with Gasteiger partial charge < -0.3 is 4.57 Å². The maximum Gasteiger partial charge on any atom is 0.152 e. The van der Waals surface area contributed by atoms with Crippen LogP contribution >= 0.6 is 7.29 Å². The van der Waals surface area contributed by atoms with Gasteiger partial charge in [0.25, 0.3) is 0 Å². The van der Waals surface area contributed by atoms with Crippen LogP contribution in [-0.4, -0.2) is 17.4 Å². The minimum atomic E-state index is -2.16. The van der Waals surface area contributed by atoms with Crippen LogP contribution in [0.2, 0.25) is 0 Å². The number of hydrogen-bond acceptors (Lipinski definition) is 1. The normalized spacial score (nSPS) is 19.9. The first kappa shape index (κ1) is 12.3. The van der Waals surface area contributed by atoms with E-state index in [0.717, 1.165) is 0 Å². The maximum atomic E-state index is 12.7. The molecule has 14 heavy (non-hydrogen) atoms. The first-order valence-electron chi connectivity index (χ1n) is 5.84. The Hall–Kier alpha value is 0.190. The van der Waals surface area contributed by atoms with Gasteiger partial charge in [0.2, 0.25) is 0 Å². The van der Waals surface area contributed by atoms with Crippen molar-refractivity contribution in [1.29, 1.82) is 0 Å². The van der Waals surface area contributed by atoms with Crippen LogP contribution < -0.4 is 5.09 Å². The average Bonchev–Trinajstić information content (AvgIpc) is 2.55. The first-order valence-corrected chi connectivity index (χ1v) is 7.68. The molecule has 0 unspecified atom stereocenters. The standard InChI is InChI=1S/C11H24NOP/c1-9(2)14(13,10(3)4)12-11-7-5-6-8-11/h9-11H,5-8H2,1-4H3,(H,12,13). The quantitative estimate of drug-likeness (QED) is 0.729. The summed E-state index contributed by atoms with van der Waals surface area (Å²) in [4.78, 5) is 0. The third-order valence-electron chi connectivity index (χ3n) is 3.27. The molecule has 3 heteroatoms. The Bertz CT molecular complexity index is 207. The molecule has 0 spiro atoms. The number of hydrogen-bond donors (Lipinski definition) is 1. The monoisotopic (exact) mass is 217 g/mol. The van der Waals surface area contributed by atoms with Crippen molar-refractivity contribution in [2.45, 2.75) is 70.7 Å². The van der Waals surface area contributed by atoms with E-state index in [0.29, 0.717) is 6.04 Å². The summed E-state index contributed by atoms with van der Waals surface area (Å²) in [6.07, 6.45) is 5.02. The summed E-state index contributed by atoms with van der Waals surface area (Å²) in [6.45, 7) is 8.29. The number of rotatable bonds is 4. The van der Waals surface area contributed by atoms with Crippen molar-refractivity contribution in [1.82, 2.24) is 5.09 Å². The van der Waals surface area contributed by atoms with Gasteiger partial charge in [0, 0.05) is 17.4 Å². The zero-order valence-electron chi connectivity index (χ0n) is 9.92. The second-order valence-electron chi connectivity index (χ2n) is 5.01. The predicted octanol–water partition coefficient (Wildman–Crippen LogP) is 3.61. The van der Waals surface area contributed by atoms with Crippen LogP contribution in [0.25, 0.3) is 0 Å². The third-order valence-corrected chi connectivity index (χ3v) is 7.11. The summed E-state index contributed by atoms with van der Waals surface area (Å²) in [5, 5.41) is 3.45. The van der Waals surface area contributed by atoms with Gasteiger partial charge in [-0.25, -0.2) is 0 Å². The highest BCUT2D eigenvalue weighted by molar-refractivity contribution is 7.63. The summed E-state index contributed by atoms with van der Waals surface area (Å²) >= 11 is 0. The SMILES string of the molecule is CC(C)P(=O)(NC1CCCC1)C(C)C. The molecular formula is C11H24NOP. The minimum Gasteiger partial charge on any atom is -0.306 e. The van der Waals surface area contributed by atoms with Gasteiger partial charge in [-0.15, -0.1) is 0 Å². The molecule has 0 bridgehead atoms. The zero-order chi connectivity index (χ0) is 10.8. The van der Waals surface area contributed by atoms with Gasteiger partial charge in [-0.3, -0.25) is 5.09 Å². The summed E-state index contributed by atoms with van der Waals surface area (Å²) in [5.74, 6) is 0. The van der Waals surface area contributed by atoms with Crippen LogP contribution in [0.15, 0.2) is 0 Å². The Morgan fingerprint density at radius 2 is 1.50 bits per heavy atom. The highest BCUT2D eigenvalue weighted by Gasteiger charge is 2.33. The van der Waals surface area contributed by atoms with Crippen LogP contribution in [0.1, 0.15) is 53.4 Å². The molecule has 1 N–H and O–H groups in total. The molecule has 1 aliphatic rings. The Morgan fingerprint density at radius 1 is 1.07 bits per heavy atom. The molecule has 0 amide bonds. The molecule has 0 aromatic rings. The average molecular weight is 217 g/mol. The molecule has 1 saturated carbocycles. The highest BCUT2D eigenvalue weighted by atomic mass is 31.2. The van der Waals surface area contributed by atoms with Gasteiger partial charge in [-0.1, -0.05) is 40.5 Å². The van der Waals surface area contributed by atoms with Crippen LogP contribution in [0.3, 0.4) is 0 Å². The van der Waals surface area contributed by atoms with Crippen molar-refractivity contribution >= 4 is 7.29 Å². The first-order chi connectivity index (χ1) is 6.47.